The molecule has 1 saturated heterocycles. The van der Waals surface area contributed by atoms with Crippen LogP contribution in [0, 0.1) is 32.3 Å². The molecular weight excluding hydrogens is 506 g/mol. The van der Waals surface area contributed by atoms with Crippen LogP contribution in [0.15, 0.2) is 0 Å². The van der Waals surface area contributed by atoms with E-state index in [1.54, 1.807) is 12.0 Å². The molecule has 7 heteroatoms. The normalized spacial score (nSPS) is 16.8. The van der Waals surface area contributed by atoms with Crippen molar-refractivity contribution < 1.29 is 44.6 Å². The maximum Gasteiger partial charge on any atom is 2.00 e. The molecule has 26 heavy (non-hydrogen) atoms. The van der Waals surface area contributed by atoms with E-state index < -0.39 is 0 Å². The number of piperidine rings is 1. The van der Waals surface area contributed by atoms with Gasteiger partial charge in [0.05, 0.1) is 0 Å². The monoisotopic (exact) mass is 532 g/mol. The fourth-order valence-corrected chi connectivity index (χ4v) is 2.62. The van der Waals surface area contributed by atoms with Gasteiger partial charge in [-0.2, -0.15) is 0 Å². The first-order valence-electron chi connectivity index (χ1n) is 8.12. The Morgan fingerprint density at radius 3 is 1.88 bits per heavy atom. The van der Waals surface area contributed by atoms with Crippen molar-refractivity contribution in [2.45, 2.75) is 70.4 Å². The Labute approximate surface area is 171 Å². The predicted octanol–water partition coefficient (Wildman–Crippen LogP) is 3.18. The van der Waals surface area contributed by atoms with Gasteiger partial charge >= 0.3 is 55.0 Å². The zero-order valence-electron chi connectivity index (χ0n) is 15.3. The summed E-state index contributed by atoms with van der Waals surface area (Å²) in [7, 11) is 1.64. The van der Waals surface area contributed by atoms with E-state index in [1.165, 1.54) is 32.1 Å². The minimum atomic E-state index is -0.0537. The van der Waals surface area contributed by atoms with E-state index in [9.17, 15) is 4.79 Å². The first-order valence-corrected chi connectivity index (χ1v) is 8.12. The maximum atomic E-state index is 11.5. The van der Waals surface area contributed by atoms with Crippen molar-refractivity contribution in [3.63, 3.8) is 0 Å². The molecule has 0 bridgehead atoms. The molecule has 6 nitrogen and oxygen atoms in total. The molecule has 0 aromatic heterocycles. The van der Waals surface area contributed by atoms with Crippen LogP contribution in [-0.2, 0) is 44.6 Å². The third kappa shape index (κ3) is 17.7. The molecule has 1 unspecified atom stereocenters. The fraction of sp³-hybridized carbons (Fsp3) is 0.684. The van der Waals surface area contributed by atoms with Gasteiger partial charge in [0.15, 0.2) is 0 Å². The summed E-state index contributed by atoms with van der Waals surface area (Å²) in [5.74, 6) is 2.50. The van der Waals surface area contributed by atoms with Crippen molar-refractivity contribution in [3.8, 4) is 5.92 Å². The number of hydrogen-bond acceptors (Lipinski definition) is 2. The average molecular weight is 532 g/mol. The van der Waals surface area contributed by atoms with E-state index in [0.29, 0.717) is 19.4 Å². The van der Waals surface area contributed by atoms with E-state index in [0.717, 1.165) is 19.3 Å². The largest absolute Gasteiger partial charge is 2.00 e. The number of rotatable bonds is 4. The van der Waals surface area contributed by atoms with Crippen LogP contribution in [0.1, 0.15) is 64.2 Å². The smallest absolute Gasteiger partial charge is 2.00 e. The third-order valence-corrected chi connectivity index (χ3v) is 3.73. The first kappa shape index (κ1) is 32.6. The summed E-state index contributed by atoms with van der Waals surface area (Å²) in [5, 5.41) is 0. The predicted molar refractivity (Wildman–Crippen MR) is 87.6 cm³/mol. The van der Waals surface area contributed by atoms with Gasteiger partial charge in [-0.3, -0.25) is 4.79 Å². The van der Waals surface area contributed by atoms with Gasteiger partial charge in [-0.15, -0.1) is 0 Å². The number of ether oxygens (including phenoxy) is 1. The number of unbranched alkanes of at least 4 members (excludes halogenated alkanes) is 1. The second-order valence-electron chi connectivity index (χ2n) is 5.22. The Balaban J connectivity index is -0.000000168. The summed E-state index contributed by atoms with van der Waals surface area (Å²) in [6.07, 6.45) is 18.1. The number of nitrogens with zero attached hydrogens (tertiary/aromatic N) is 1. The SMILES string of the molecule is C1CCCC1.[C-]#CCCCN1C(=O)CCCC1OC.[C-]#[O+].[C-]#[O+].[C-]#[O+].[W+2]. The van der Waals surface area contributed by atoms with Gasteiger partial charge in [-0.05, 0) is 25.7 Å². The molecule has 0 radical (unpaired) electrons. The average Bonchev–Trinajstić information content (AvgIpc) is 3.28. The molecule has 1 aliphatic heterocycles. The van der Waals surface area contributed by atoms with E-state index in [-0.39, 0.29) is 33.2 Å². The van der Waals surface area contributed by atoms with Crippen molar-refractivity contribution in [2.75, 3.05) is 13.7 Å². The molecule has 0 N–H and O–H groups in total. The van der Waals surface area contributed by atoms with Crippen molar-refractivity contribution >= 4 is 5.91 Å². The molecule has 1 amide bonds. The fourth-order valence-electron chi connectivity index (χ4n) is 2.62. The molecule has 2 rings (SSSR count). The molecule has 1 heterocycles. The Kier molecular flexibility index (Phi) is 35.9. The Morgan fingerprint density at radius 2 is 1.50 bits per heavy atom. The zero-order valence-corrected chi connectivity index (χ0v) is 18.2. The quantitative estimate of drug-likeness (QED) is 0.241. The number of carbonyl (C=O) groups excluding carboxylic acids is 1. The number of amides is 1. The summed E-state index contributed by atoms with van der Waals surface area (Å²) in [5.41, 5.74) is 0. The maximum absolute atomic E-state index is 11.5. The van der Waals surface area contributed by atoms with Crippen molar-refractivity contribution in [3.05, 3.63) is 26.4 Å². The Morgan fingerprint density at radius 1 is 1.04 bits per heavy atom. The van der Waals surface area contributed by atoms with Crippen LogP contribution in [0.25, 0.3) is 0 Å². The minimum absolute atomic E-state index is 0. The molecule has 0 aromatic rings. The molecule has 142 valence electrons. The van der Waals surface area contributed by atoms with Crippen molar-refractivity contribution in [1.82, 2.24) is 4.90 Å². The molecule has 2 fully saturated rings. The molecule has 1 saturated carbocycles. The molecule has 1 aliphatic carbocycles. The second-order valence-corrected chi connectivity index (χ2v) is 5.22. The van der Waals surface area contributed by atoms with Crippen molar-refractivity contribution in [1.29, 1.82) is 0 Å². The minimum Gasteiger partial charge on any atom is 2.00 e. The van der Waals surface area contributed by atoms with E-state index >= 15 is 0 Å². The molecule has 0 aromatic carbocycles. The summed E-state index contributed by atoms with van der Waals surface area (Å²) in [6, 6.07) is 0. The van der Waals surface area contributed by atoms with Gasteiger partial charge in [0.25, 0.3) is 0 Å². The number of carbonyl (C=O) groups is 1. The van der Waals surface area contributed by atoms with E-state index in [4.69, 9.17) is 25.1 Å². The van der Waals surface area contributed by atoms with E-state index in [1.807, 2.05) is 0 Å². The molecular formula is C19H26NO5W+. The second kappa shape index (κ2) is 28.7. The van der Waals surface area contributed by atoms with Crippen LogP contribution in [0.2, 0.25) is 0 Å². The van der Waals surface area contributed by atoms with Crippen molar-refractivity contribution in [2.24, 2.45) is 0 Å². The summed E-state index contributed by atoms with van der Waals surface area (Å²) < 4.78 is 27.7. The zero-order chi connectivity index (χ0) is 19.9. The van der Waals surface area contributed by atoms with Gasteiger partial charge < -0.3 is 22.0 Å². The summed E-state index contributed by atoms with van der Waals surface area (Å²) in [4.78, 5) is 13.3. The third-order valence-electron chi connectivity index (χ3n) is 3.73. The molecule has 1 atom stereocenters. The van der Waals surface area contributed by atoms with Crippen LogP contribution < -0.4 is 0 Å². The number of likely N-dealkylation sites (tertiary alicyclic amines) is 1. The van der Waals surface area contributed by atoms with Gasteiger partial charge in [0, 0.05) is 20.1 Å². The van der Waals surface area contributed by atoms with Crippen LogP contribution >= 0.6 is 0 Å². The standard InChI is InChI=1S/C11H16NO2.C5H10.3CO.W/c1-3-4-5-9-12-10(13)7-6-8-11(12)14-2;1-2-4-5-3-1;3*1-2;/h11H,4-9H2,2H3;1-5H2;;;;/q-1;;;;;+2. The van der Waals surface area contributed by atoms with Gasteiger partial charge in [0.2, 0.25) is 5.91 Å². The summed E-state index contributed by atoms with van der Waals surface area (Å²) in [6.45, 7) is 14.2. The topological polar surface area (TPSA) is 89.2 Å². The van der Waals surface area contributed by atoms with Crippen LogP contribution in [-0.4, -0.2) is 30.7 Å². The van der Waals surface area contributed by atoms with Gasteiger partial charge in [0.1, 0.15) is 6.23 Å². The number of hydrogen-bond donors (Lipinski definition) is 0. The first-order chi connectivity index (χ1) is 12.3. The molecule has 2 aliphatic rings. The summed E-state index contributed by atoms with van der Waals surface area (Å²) >= 11 is 0. The van der Waals surface area contributed by atoms with E-state index in [2.05, 4.69) is 25.9 Å². The Hall–Kier alpha value is -1.10. The Bertz CT molecular complexity index is 389. The van der Waals surface area contributed by atoms with Crippen LogP contribution in [0.5, 0.6) is 0 Å². The number of methoxy groups -OCH3 is 1. The van der Waals surface area contributed by atoms with Crippen LogP contribution in [0.3, 0.4) is 0 Å². The van der Waals surface area contributed by atoms with Gasteiger partial charge in [-0.25, -0.2) is 0 Å². The molecule has 0 spiro atoms. The van der Waals surface area contributed by atoms with Gasteiger partial charge in [-0.1, -0.05) is 32.1 Å². The van der Waals surface area contributed by atoms with Crippen LogP contribution in [0.4, 0.5) is 0 Å².